The first-order chi connectivity index (χ1) is 7.65. The number of anilines is 1. The van der Waals surface area contributed by atoms with E-state index in [0.29, 0.717) is 11.3 Å². The molecule has 6 heteroatoms. The molecule has 0 spiro atoms. The molecule has 1 atom stereocenters. The molecule has 1 aliphatic heterocycles. The number of ketones is 1. The van der Waals surface area contributed by atoms with Gasteiger partial charge in [-0.15, -0.1) is 0 Å². The molecule has 0 N–H and O–H groups in total. The fraction of sp³-hybridized carbons (Fsp3) is 0.200. The van der Waals surface area contributed by atoms with Gasteiger partial charge in [0.05, 0.1) is 5.69 Å². The van der Waals surface area contributed by atoms with Crippen LogP contribution in [-0.2, 0) is 9.59 Å². The highest BCUT2D eigenvalue weighted by molar-refractivity contribution is 6.31. The van der Waals surface area contributed by atoms with E-state index in [1.165, 1.54) is 8.84 Å². The Morgan fingerprint density at radius 1 is 1.38 bits per heavy atom. The predicted molar refractivity (Wildman–Crippen MR) is 61.1 cm³/mol. The zero-order chi connectivity index (χ0) is 11.7. The Balaban J connectivity index is 2.50. The maximum Gasteiger partial charge on any atom is 0.218 e. The summed E-state index contributed by atoms with van der Waals surface area (Å²) in [6.45, 7) is 0.171. The maximum absolute atomic E-state index is 11.5. The molecule has 84 valence electrons. The third-order valence-corrected chi connectivity index (χ3v) is 3.01. The fourth-order valence-electron chi connectivity index (χ4n) is 1.72. The highest BCUT2D eigenvalue weighted by Gasteiger charge is 2.34. The van der Waals surface area contributed by atoms with Crippen molar-refractivity contribution in [3.63, 3.8) is 0 Å². The van der Waals surface area contributed by atoms with Gasteiger partial charge in [-0.05, 0) is 17.8 Å². The average Bonchev–Trinajstić information content (AvgIpc) is 2.28. The molecule has 0 saturated carbocycles. The maximum atomic E-state index is 11.5. The summed E-state index contributed by atoms with van der Waals surface area (Å²) in [7, 11) is 0. The minimum absolute atomic E-state index is 0.171. The number of hydrogen-bond acceptors (Lipinski definition) is 4. The number of rotatable bonds is 2. The third kappa shape index (κ3) is 1.80. The second kappa shape index (κ2) is 4.41. The van der Waals surface area contributed by atoms with Crippen molar-refractivity contribution in [2.24, 2.45) is 0 Å². The number of carbonyl (C=O) groups is 2. The van der Waals surface area contributed by atoms with E-state index >= 15 is 0 Å². The van der Waals surface area contributed by atoms with E-state index in [4.69, 9.17) is 23.6 Å². The third-order valence-electron chi connectivity index (χ3n) is 2.42. The second-order valence-electron chi connectivity index (χ2n) is 3.38. The molecule has 1 heterocycles. The average molecular weight is 259 g/mol. The van der Waals surface area contributed by atoms with Crippen LogP contribution in [0.15, 0.2) is 24.3 Å². The van der Waals surface area contributed by atoms with Gasteiger partial charge in [0.1, 0.15) is 12.7 Å². The van der Waals surface area contributed by atoms with Gasteiger partial charge >= 0.3 is 0 Å². The molecule has 0 bridgehead atoms. The van der Waals surface area contributed by atoms with Crippen molar-refractivity contribution in [1.29, 1.82) is 0 Å². The van der Waals surface area contributed by atoms with Crippen molar-refractivity contribution >= 4 is 41.3 Å². The lowest BCUT2D eigenvalue weighted by Gasteiger charge is -2.34. The lowest BCUT2D eigenvalue weighted by Crippen LogP contribution is -2.39. The number of aldehydes is 1. The van der Waals surface area contributed by atoms with Crippen LogP contribution < -0.4 is 4.42 Å². The molecule has 0 saturated heterocycles. The number of carbonyl (C=O) groups excluding carboxylic acids is 2. The van der Waals surface area contributed by atoms with E-state index in [-0.39, 0.29) is 13.0 Å². The summed E-state index contributed by atoms with van der Waals surface area (Å²) in [5.74, 6) is -0.577. The molecule has 0 aromatic heterocycles. The number of benzene rings is 1. The van der Waals surface area contributed by atoms with Crippen LogP contribution in [0, 0.1) is 0 Å². The number of hydrogen-bond donors (Lipinski definition) is 0. The van der Waals surface area contributed by atoms with Gasteiger partial charge in [0, 0.05) is 17.3 Å². The standard InChI is InChI=1S/C10H8Cl2N2O2/c11-13-6-14(12)10(9(16)5-15)7-3-1-2-4-8(7)13/h1-5,10H,6H2. The van der Waals surface area contributed by atoms with Crippen LogP contribution in [0.25, 0.3) is 0 Å². The molecule has 1 aromatic carbocycles. The Kier molecular flexibility index (Phi) is 3.14. The summed E-state index contributed by atoms with van der Waals surface area (Å²) in [5, 5.41) is 0. The van der Waals surface area contributed by atoms with Crippen molar-refractivity contribution in [3.05, 3.63) is 29.8 Å². The van der Waals surface area contributed by atoms with Crippen LogP contribution in [0.1, 0.15) is 11.6 Å². The Labute approximate surface area is 103 Å². The van der Waals surface area contributed by atoms with E-state index in [0.717, 1.165) is 0 Å². The second-order valence-corrected chi connectivity index (χ2v) is 4.23. The fourth-order valence-corrected chi connectivity index (χ4v) is 2.35. The molecular formula is C10H8Cl2N2O2. The van der Waals surface area contributed by atoms with Crippen LogP contribution in [0.3, 0.4) is 0 Å². The first-order valence-electron chi connectivity index (χ1n) is 4.59. The molecular weight excluding hydrogens is 251 g/mol. The van der Waals surface area contributed by atoms with Gasteiger partial charge in [-0.1, -0.05) is 18.2 Å². The summed E-state index contributed by atoms with van der Waals surface area (Å²) in [4.78, 5) is 22.1. The van der Waals surface area contributed by atoms with Gasteiger partial charge in [0.25, 0.3) is 0 Å². The van der Waals surface area contributed by atoms with E-state index in [9.17, 15) is 9.59 Å². The van der Waals surface area contributed by atoms with Crippen LogP contribution in [0.2, 0.25) is 0 Å². The van der Waals surface area contributed by atoms with Crippen LogP contribution in [-0.4, -0.2) is 23.2 Å². The molecule has 0 amide bonds. The molecule has 1 aliphatic rings. The van der Waals surface area contributed by atoms with Crippen molar-refractivity contribution in [1.82, 2.24) is 4.42 Å². The van der Waals surface area contributed by atoms with Crippen molar-refractivity contribution < 1.29 is 9.59 Å². The Morgan fingerprint density at radius 2 is 2.06 bits per heavy atom. The number of Topliss-reactive ketones (excluding diaryl/α,β-unsaturated/α-hetero) is 1. The van der Waals surface area contributed by atoms with Crippen LogP contribution in [0.4, 0.5) is 5.69 Å². The highest BCUT2D eigenvalue weighted by Crippen LogP contribution is 2.37. The van der Waals surface area contributed by atoms with Crippen molar-refractivity contribution in [2.75, 3.05) is 11.1 Å². The lowest BCUT2D eigenvalue weighted by atomic mass is 10.00. The van der Waals surface area contributed by atoms with E-state index < -0.39 is 11.8 Å². The van der Waals surface area contributed by atoms with Crippen LogP contribution >= 0.6 is 23.6 Å². The molecule has 16 heavy (non-hydrogen) atoms. The van der Waals surface area contributed by atoms with Crippen LogP contribution in [0.5, 0.6) is 0 Å². The summed E-state index contributed by atoms with van der Waals surface area (Å²) in [6.07, 6.45) is 0.278. The molecule has 4 nitrogen and oxygen atoms in total. The van der Waals surface area contributed by atoms with E-state index in [1.54, 1.807) is 24.3 Å². The van der Waals surface area contributed by atoms with Gasteiger partial charge in [0.2, 0.25) is 5.78 Å². The van der Waals surface area contributed by atoms with Gasteiger partial charge in [-0.3, -0.25) is 14.0 Å². The highest BCUT2D eigenvalue weighted by atomic mass is 35.5. The van der Waals surface area contributed by atoms with Gasteiger partial charge in [0.15, 0.2) is 6.29 Å². The molecule has 0 radical (unpaired) electrons. The quantitative estimate of drug-likeness (QED) is 0.462. The lowest BCUT2D eigenvalue weighted by molar-refractivity contribution is -0.132. The molecule has 0 fully saturated rings. The molecule has 0 aliphatic carbocycles. The van der Waals surface area contributed by atoms with E-state index in [2.05, 4.69) is 0 Å². The largest absolute Gasteiger partial charge is 0.295 e. The van der Waals surface area contributed by atoms with Gasteiger partial charge in [-0.25, -0.2) is 0 Å². The first kappa shape index (κ1) is 11.4. The summed E-state index contributed by atoms with van der Waals surface area (Å²) < 4.78 is 2.61. The van der Waals surface area contributed by atoms with Crippen molar-refractivity contribution in [3.8, 4) is 0 Å². The minimum atomic E-state index is -0.759. The number of nitrogens with zero attached hydrogens (tertiary/aromatic N) is 2. The molecule has 2 rings (SSSR count). The first-order valence-corrected chi connectivity index (χ1v) is 5.26. The Morgan fingerprint density at radius 3 is 2.75 bits per heavy atom. The smallest absolute Gasteiger partial charge is 0.218 e. The molecule has 1 unspecified atom stereocenters. The van der Waals surface area contributed by atoms with Crippen molar-refractivity contribution in [2.45, 2.75) is 6.04 Å². The number of para-hydroxylation sites is 1. The summed E-state index contributed by atoms with van der Waals surface area (Å²) in [6, 6.07) is 6.32. The monoisotopic (exact) mass is 258 g/mol. The number of fused-ring (bicyclic) bond motifs is 1. The van der Waals surface area contributed by atoms with E-state index in [1.807, 2.05) is 0 Å². The Bertz CT molecular complexity index is 439. The zero-order valence-electron chi connectivity index (χ0n) is 8.14. The Hall–Kier alpha value is -1.10. The topological polar surface area (TPSA) is 40.6 Å². The summed E-state index contributed by atoms with van der Waals surface area (Å²) >= 11 is 11.9. The SMILES string of the molecule is O=CC(=O)C1c2ccccc2N(Cl)CN1Cl. The molecule has 1 aromatic rings. The number of halogens is 2. The predicted octanol–water partition coefficient (Wildman–Crippen LogP) is 1.88. The summed E-state index contributed by atoms with van der Waals surface area (Å²) in [5.41, 5.74) is 1.33. The normalized spacial score (nSPS) is 20.4. The van der Waals surface area contributed by atoms with Gasteiger partial charge < -0.3 is 0 Å². The minimum Gasteiger partial charge on any atom is -0.295 e. The van der Waals surface area contributed by atoms with Gasteiger partial charge in [-0.2, -0.15) is 4.42 Å². The zero-order valence-corrected chi connectivity index (χ0v) is 9.65.